The molecule has 0 aliphatic carbocycles. The van der Waals surface area contributed by atoms with Gasteiger partial charge in [-0.2, -0.15) is 0 Å². The number of hydrogen-bond acceptors (Lipinski definition) is 5. The van der Waals surface area contributed by atoms with Crippen LogP contribution in [0.2, 0.25) is 0 Å². The molecule has 1 atom stereocenters. The number of rotatable bonds is 9. The monoisotopic (exact) mass is 281 g/mol. The van der Waals surface area contributed by atoms with Crippen molar-refractivity contribution in [3.05, 3.63) is 0 Å². The normalized spacial score (nSPS) is 13.0. The highest BCUT2D eigenvalue weighted by atomic mass is 32.2. The van der Waals surface area contributed by atoms with Gasteiger partial charge in [0.05, 0.1) is 18.8 Å². The van der Waals surface area contributed by atoms with Gasteiger partial charge in [0.15, 0.2) is 0 Å². The van der Waals surface area contributed by atoms with Crippen molar-refractivity contribution in [1.82, 2.24) is 4.72 Å². The maximum atomic E-state index is 11.5. The Bertz CT molecular complexity index is 378. The maximum absolute atomic E-state index is 11.5. The second kappa shape index (κ2) is 8.04. The number of ether oxygens (including phenoxy) is 1. The van der Waals surface area contributed by atoms with Crippen molar-refractivity contribution in [3.8, 4) is 0 Å². The topological polar surface area (TPSA) is 110 Å². The Morgan fingerprint density at radius 3 is 2.50 bits per heavy atom. The minimum absolute atomic E-state index is 0.0391. The minimum Gasteiger partial charge on any atom is -0.481 e. The summed E-state index contributed by atoms with van der Waals surface area (Å²) in [6.07, 6.45) is -0.323. The van der Waals surface area contributed by atoms with Gasteiger partial charge in [0.25, 0.3) is 0 Å². The van der Waals surface area contributed by atoms with Crippen LogP contribution in [0.15, 0.2) is 0 Å². The van der Waals surface area contributed by atoms with E-state index in [1.807, 2.05) is 0 Å². The average molecular weight is 281 g/mol. The van der Waals surface area contributed by atoms with Crippen LogP contribution in [0.3, 0.4) is 0 Å². The summed E-state index contributed by atoms with van der Waals surface area (Å²) in [6, 6.07) is 0. The van der Waals surface area contributed by atoms with Crippen LogP contribution >= 0.6 is 0 Å². The zero-order valence-electron chi connectivity index (χ0n) is 10.5. The molecule has 0 rings (SSSR count). The Hall–Kier alpha value is -1.15. The fourth-order valence-corrected chi connectivity index (χ4v) is 2.28. The Labute approximate surface area is 107 Å². The Balaban J connectivity index is 4.01. The van der Waals surface area contributed by atoms with Gasteiger partial charge in [0.1, 0.15) is 0 Å². The summed E-state index contributed by atoms with van der Waals surface area (Å²) in [4.78, 5) is 21.4. The van der Waals surface area contributed by atoms with Crippen molar-refractivity contribution in [2.45, 2.75) is 26.7 Å². The molecule has 0 aromatic heterocycles. The van der Waals surface area contributed by atoms with E-state index in [0.29, 0.717) is 0 Å². The quantitative estimate of drug-likeness (QED) is 0.574. The fourth-order valence-electron chi connectivity index (χ4n) is 1.16. The van der Waals surface area contributed by atoms with Crippen molar-refractivity contribution in [2.24, 2.45) is 5.92 Å². The highest BCUT2D eigenvalue weighted by Crippen LogP contribution is 2.01. The third-order valence-corrected chi connectivity index (χ3v) is 3.40. The summed E-state index contributed by atoms with van der Waals surface area (Å²) < 4.78 is 29.8. The van der Waals surface area contributed by atoms with E-state index in [0.717, 1.165) is 0 Å². The smallest absolute Gasteiger partial charge is 0.306 e. The molecule has 0 heterocycles. The van der Waals surface area contributed by atoms with E-state index in [9.17, 15) is 18.0 Å². The van der Waals surface area contributed by atoms with E-state index in [2.05, 4.69) is 9.46 Å². The predicted molar refractivity (Wildman–Crippen MR) is 64.5 cm³/mol. The average Bonchev–Trinajstić information content (AvgIpc) is 2.24. The number of carbonyl (C=O) groups excluding carboxylic acids is 1. The molecule has 7 nitrogen and oxygen atoms in total. The predicted octanol–water partition coefficient (Wildman–Crippen LogP) is -0.0302. The highest BCUT2D eigenvalue weighted by molar-refractivity contribution is 7.89. The van der Waals surface area contributed by atoms with Crippen LogP contribution in [0.1, 0.15) is 26.7 Å². The van der Waals surface area contributed by atoms with E-state index < -0.39 is 22.0 Å². The lowest BCUT2D eigenvalue weighted by Gasteiger charge is -2.10. The lowest BCUT2D eigenvalue weighted by Crippen LogP contribution is -2.32. The molecule has 0 aliphatic rings. The van der Waals surface area contributed by atoms with Crippen LogP contribution in [-0.4, -0.2) is 44.4 Å². The molecule has 1 unspecified atom stereocenters. The number of hydrogen-bond donors (Lipinski definition) is 2. The van der Waals surface area contributed by atoms with Crippen LogP contribution in [0.5, 0.6) is 0 Å². The number of carbonyl (C=O) groups is 2. The number of carboxylic acid groups (broad SMARTS) is 1. The molecule has 0 saturated carbocycles. The first-order chi connectivity index (χ1) is 8.26. The molecule has 8 heteroatoms. The first-order valence-electron chi connectivity index (χ1n) is 5.61. The van der Waals surface area contributed by atoms with Crippen LogP contribution in [0.25, 0.3) is 0 Å². The van der Waals surface area contributed by atoms with E-state index >= 15 is 0 Å². The van der Waals surface area contributed by atoms with E-state index in [-0.39, 0.29) is 37.7 Å². The zero-order valence-corrected chi connectivity index (χ0v) is 11.3. The molecule has 0 saturated heterocycles. The molecule has 0 amide bonds. The highest BCUT2D eigenvalue weighted by Gasteiger charge is 2.16. The van der Waals surface area contributed by atoms with Crippen LogP contribution in [0, 0.1) is 5.92 Å². The molecule has 2 N–H and O–H groups in total. The van der Waals surface area contributed by atoms with Gasteiger partial charge in [-0.25, -0.2) is 13.1 Å². The second-order valence-electron chi connectivity index (χ2n) is 3.93. The lowest BCUT2D eigenvalue weighted by atomic mass is 10.1. The molecule has 0 spiro atoms. The van der Waals surface area contributed by atoms with Gasteiger partial charge in [0, 0.05) is 13.0 Å². The zero-order chi connectivity index (χ0) is 14.2. The van der Waals surface area contributed by atoms with Gasteiger partial charge in [-0.05, 0) is 12.8 Å². The summed E-state index contributed by atoms with van der Waals surface area (Å²) in [5.41, 5.74) is 0. The molecular weight excluding hydrogens is 262 g/mol. The third-order valence-electron chi connectivity index (χ3n) is 2.06. The molecule has 0 fully saturated rings. The number of sulfonamides is 1. The van der Waals surface area contributed by atoms with Crippen LogP contribution < -0.4 is 4.72 Å². The number of esters is 1. The van der Waals surface area contributed by atoms with Crippen molar-refractivity contribution < 1.29 is 27.9 Å². The molecule has 0 aliphatic heterocycles. The Morgan fingerprint density at radius 1 is 1.39 bits per heavy atom. The van der Waals surface area contributed by atoms with Crippen molar-refractivity contribution in [3.63, 3.8) is 0 Å². The number of aliphatic carboxylic acids is 1. The van der Waals surface area contributed by atoms with Crippen molar-refractivity contribution >= 4 is 22.0 Å². The largest absolute Gasteiger partial charge is 0.481 e. The van der Waals surface area contributed by atoms with E-state index in [4.69, 9.17) is 5.11 Å². The van der Waals surface area contributed by atoms with Crippen LogP contribution in [-0.2, 0) is 24.3 Å². The first kappa shape index (κ1) is 16.9. The minimum atomic E-state index is -3.57. The summed E-state index contributed by atoms with van der Waals surface area (Å²) >= 11 is 0. The first-order valence-corrected chi connectivity index (χ1v) is 7.26. The van der Waals surface area contributed by atoms with Gasteiger partial charge in [-0.3, -0.25) is 9.59 Å². The van der Waals surface area contributed by atoms with E-state index in [1.165, 1.54) is 0 Å². The molecular formula is C10H19NO6S. The number of carboxylic acids is 1. The molecule has 106 valence electrons. The van der Waals surface area contributed by atoms with Gasteiger partial charge >= 0.3 is 11.9 Å². The van der Waals surface area contributed by atoms with Crippen molar-refractivity contribution in [1.29, 1.82) is 0 Å². The SMILES string of the molecule is CCOC(=O)CCS(=O)(=O)NCC(C)CC(=O)O. The lowest BCUT2D eigenvalue weighted by molar-refractivity contribution is -0.142. The maximum Gasteiger partial charge on any atom is 0.306 e. The Kier molecular flexibility index (Phi) is 7.53. The van der Waals surface area contributed by atoms with Gasteiger partial charge in [-0.15, -0.1) is 0 Å². The second-order valence-corrected chi connectivity index (χ2v) is 5.85. The molecule has 0 aromatic carbocycles. The van der Waals surface area contributed by atoms with Gasteiger partial charge in [-0.1, -0.05) is 6.92 Å². The summed E-state index contributed by atoms with van der Waals surface area (Å²) in [5, 5.41) is 8.51. The standard InChI is InChI=1S/C10H19NO6S/c1-3-17-10(14)4-5-18(15,16)11-7-8(2)6-9(12)13/h8,11H,3-7H2,1-2H3,(H,12,13). The van der Waals surface area contributed by atoms with E-state index in [1.54, 1.807) is 13.8 Å². The summed E-state index contributed by atoms with van der Waals surface area (Å²) in [7, 11) is -3.57. The third kappa shape index (κ3) is 8.94. The van der Waals surface area contributed by atoms with Crippen LogP contribution in [0.4, 0.5) is 0 Å². The van der Waals surface area contributed by atoms with Crippen molar-refractivity contribution in [2.75, 3.05) is 18.9 Å². The molecule has 0 radical (unpaired) electrons. The molecule has 0 bridgehead atoms. The summed E-state index contributed by atoms with van der Waals surface area (Å²) in [5.74, 6) is -2.21. The fraction of sp³-hybridized carbons (Fsp3) is 0.800. The van der Waals surface area contributed by atoms with Gasteiger partial charge in [0.2, 0.25) is 10.0 Å². The molecule has 18 heavy (non-hydrogen) atoms. The summed E-state index contributed by atoms with van der Waals surface area (Å²) in [6.45, 7) is 3.51. The Morgan fingerprint density at radius 2 is 2.00 bits per heavy atom. The number of nitrogens with one attached hydrogen (secondary N) is 1. The van der Waals surface area contributed by atoms with Gasteiger partial charge < -0.3 is 9.84 Å². The molecule has 0 aromatic rings.